The molecule has 0 heteroatoms. The van der Waals surface area contributed by atoms with Gasteiger partial charge >= 0.3 is 0 Å². The van der Waals surface area contributed by atoms with Gasteiger partial charge in [-0.2, -0.15) is 0 Å². The number of benzene rings is 8. The van der Waals surface area contributed by atoms with Gasteiger partial charge in [-0.1, -0.05) is 146 Å². The molecule has 10 rings (SSSR count). The highest BCUT2D eigenvalue weighted by atomic mass is 14.4. The summed E-state index contributed by atoms with van der Waals surface area (Å²) in [5, 5.41) is 0. The van der Waals surface area contributed by atoms with Crippen LogP contribution in [0.3, 0.4) is 0 Å². The summed E-state index contributed by atoms with van der Waals surface area (Å²) in [7, 11) is 0. The highest BCUT2D eigenvalue weighted by Gasteiger charge is 2.38. The Morgan fingerprint density at radius 2 is 0.551 bits per heavy atom. The van der Waals surface area contributed by atoms with Gasteiger partial charge in [0.15, 0.2) is 0 Å². The van der Waals surface area contributed by atoms with Gasteiger partial charge in [0.25, 0.3) is 0 Å². The van der Waals surface area contributed by atoms with Crippen molar-refractivity contribution in [1.82, 2.24) is 0 Å². The van der Waals surface area contributed by atoms with Crippen LogP contribution < -0.4 is 0 Å². The van der Waals surface area contributed by atoms with Crippen LogP contribution >= 0.6 is 0 Å². The van der Waals surface area contributed by atoms with Gasteiger partial charge in [-0.05, 0) is 137 Å². The van der Waals surface area contributed by atoms with Crippen molar-refractivity contribution in [2.45, 2.75) is 5.92 Å². The summed E-state index contributed by atoms with van der Waals surface area (Å²) >= 11 is 0. The van der Waals surface area contributed by atoms with Crippen molar-refractivity contribution >= 4 is 0 Å². The molecule has 0 aromatic heterocycles. The summed E-state index contributed by atoms with van der Waals surface area (Å²) < 4.78 is 0. The smallest absolute Gasteiger partial charge is 0.0364 e. The lowest BCUT2D eigenvalue weighted by atomic mass is 9.91. The van der Waals surface area contributed by atoms with E-state index < -0.39 is 0 Å². The van der Waals surface area contributed by atoms with Gasteiger partial charge in [-0.25, -0.2) is 0 Å². The lowest BCUT2D eigenvalue weighted by Crippen LogP contribution is -1.93. The molecule has 0 spiro atoms. The molecular formula is C49H32. The molecule has 0 nitrogen and oxygen atoms in total. The molecule has 0 saturated heterocycles. The van der Waals surface area contributed by atoms with E-state index in [1.807, 2.05) is 0 Å². The molecule has 0 bridgehead atoms. The third-order valence-electron chi connectivity index (χ3n) is 10.5. The molecule has 0 atom stereocenters. The van der Waals surface area contributed by atoms with Crippen LogP contribution in [0.2, 0.25) is 0 Å². The first-order valence-corrected chi connectivity index (χ1v) is 17.1. The average molecular weight is 621 g/mol. The molecule has 0 unspecified atom stereocenters. The Labute approximate surface area is 287 Å². The third-order valence-corrected chi connectivity index (χ3v) is 10.5. The standard InChI is InChI=1S/C49H32/c1-3-13-32(14-4-1)38-27-39(33-15-5-2-6-16-33)29-40(28-38)36-19-11-17-34(25-36)35-18-12-20-37(26-35)41-30-46-42-21-7-9-23-44(42)48-45-24-10-8-22-43(45)47(31-41)49(46)48/h1-31,48H. The van der Waals surface area contributed by atoms with Crippen LogP contribution in [0.5, 0.6) is 0 Å². The predicted octanol–water partition coefficient (Wildman–Crippen LogP) is 13.2. The van der Waals surface area contributed by atoms with Crippen molar-refractivity contribution < 1.29 is 0 Å². The van der Waals surface area contributed by atoms with Crippen molar-refractivity contribution in [3.05, 3.63) is 205 Å². The van der Waals surface area contributed by atoms with E-state index in [2.05, 4.69) is 188 Å². The molecule has 228 valence electrons. The van der Waals surface area contributed by atoms with Crippen molar-refractivity contribution in [3.8, 4) is 77.9 Å². The molecule has 8 aromatic carbocycles. The summed E-state index contributed by atoms with van der Waals surface area (Å²) in [6.45, 7) is 0. The Balaban J connectivity index is 1.07. The van der Waals surface area contributed by atoms with Gasteiger partial charge in [-0.15, -0.1) is 0 Å². The minimum Gasteiger partial charge on any atom is -0.0622 e. The highest BCUT2D eigenvalue weighted by Crippen LogP contribution is 2.58. The van der Waals surface area contributed by atoms with Crippen molar-refractivity contribution in [2.75, 3.05) is 0 Å². The molecule has 2 aliphatic rings. The zero-order valence-corrected chi connectivity index (χ0v) is 27.0. The van der Waals surface area contributed by atoms with Crippen molar-refractivity contribution in [2.24, 2.45) is 0 Å². The molecule has 0 amide bonds. The van der Waals surface area contributed by atoms with Gasteiger partial charge in [0, 0.05) is 5.92 Å². The second-order valence-corrected chi connectivity index (χ2v) is 13.3. The van der Waals surface area contributed by atoms with Crippen molar-refractivity contribution in [3.63, 3.8) is 0 Å². The molecule has 8 aromatic rings. The maximum atomic E-state index is 2.43. The SMILES string of the molecule is c1ccc(-c2cc(-c3ccccc3)cc(-c3cccc(-c4cccc(-c5cc6c7c(c5)-c5ccccc5C7c5ccccc5-6)c4)c3)c2)cc1. The number of hydrogen-bond donors (Lipinski definition) is 0. The first-order chi connectivity index (χ1) is 24.3. The van der Waals surface area contributed by atoms with Crippen molar-refractivity contribution in [1.29, 1.82) is 0 Å². The quantitative estimate of drug-likeness (QED) is 0.180. The summed E-state index contributed by atoms with van der Waals surface area (Å²) in [4.78, 5) is 0. The highest BCUT2D eigenvalue weighted by molar-refractivity contribution is 5.97. The largest absolute Gasteiger partial charge is 0.0622 e. The van der Waals surface area contributed by atoms with Crippen LogP contribution in [0, 0.1) is 0 Å². The second kappa shape index (κ2) is 11.2. The fraction of sp³-hybridized carbons (Fsp3) is 0.0204. The van der Waals surface area contributed by atoms with E-state index in [-0.39, 0.29) is 0 Å². The molecule has 0 fully saturated rings. The zero-order chi connectivity index (χ0) is 32.3. The van der Waals surface area contributed by atoms with E-state index in [1.54, 1.807) is 0 Å². The molecule has 49 heavy (non-hydrogen) atoms. The Morgan fingerprint density at radius 1 is 0.224 bits per heavy atom. The summed E-state index contributed by atoms with van der Waals surface area (Å²) in [6.07, 6.45) is 0. The monoisotopic (exact) mass is 620 g/mol. The minimum absolute atomic E-state index is 0.336. The minimum atomic E-state index is 0.336. The summed E-state index contributed by atoms with van der Waals surface area (Å²) in [5.41, 5.74) is 22.1. The normalized spacial score (nSPS) is 12.4. The van der Waals surface area contributed by atoms with Crippen LogP contribution in [-0.4, -0.2) is 0 Å². The molecule has 0 saturated carbocycles. The van der Waals surface area contributed by atoms with E-state index in [0.717, 1.165) is 0 Å². The van der Waals surface area contributed by atoms with E-state index in [4.69, 9.17) is 0 Å². The number of rotatable bonds is 5. The first-order valence-electron chi connectivity index (χ1n) is 17.1. The van der Waals surface area contributed by atoms with E-state index in [9.17, 15) is 0 Å². The summed E-state index contributed by atoms with van der Waals surface area (Å²) in [6, 6.07) is 69.2. The molecular weight excluding hydrogens is 589 g/mol. The lowest BCUT2D eigenvalue weighted by Gasteiger charge is -2.13. The van der Waals surface area contributed by atoms with Gasteiger partial charge in [0.05, 0.1) is 0 Å². The first kappa shape index (κ1) is 27.8. The molecule has 0 radical (unpaired) electrons. The number of hydrogen-bond acceptors (Lipinski definition) is 0. The molecule has 2 aliphatic carbocycles. The van der Waals surface area contributed by atoms with Gasteiger partial charge in [-0.3, -0.25) is 0 Å². The average Bonchev–Trinajstić information content (AvgIpc) is 3.70. The van der Waals surface area contributed by atoms with E-state index >= 15 is 0 Å². The fourth-order valence-corrected chi connectivity index (χ4v) is 8.19. The van der Waals surface area contributed by atoms with Gasteiger partial charge < -0.3 is 0 Å². The Hall–Kier alpha value is -6.24. The molecule has 0 N–H and O–H groups in total. The van der Waals surface area contributed by atoms with Gasteiger partial charge in [0.2, 0.25) is 0 Å². The lowest BCUT2D eigenvalue weighted by molar-refractivity contribution is 1.05. The van der Waals surface area contributed by atoms with E-state index in [1.165, 1.54) is 94.6 Å². The zero-order valence-electron chi connectivity index (χ0n) is 27.0. The van der Waals surface area contributed by atoms with Crippen LogP contribution in [0.1, 0.15) is 22.6 Å². The maximum absolute atomic E-state index is 2.43. The Bertz CT molecular complexity index is 2410. The predicted molar refractivity (Wildman–Crippen MR) is 205 cm³/mol. The maximum Gasteiger partial charge on any atom is 0.0364 e. The van der Waals surface area contributed by atoms with E-state index in [0.29, 0.717) is 5.92 Å². The Kier molecular flexibility index (Phi) is 6.35. The molecule has 0 aliphatic heterocycles. The molecule has 0 heterocycles. The van der Waals surface area contributed by atoms with Crippen LogP contribution in [-0.2, 0) is 0 Å². The second-order valence-electron chi connectivity index (χ2n) is 13.3. The Morgan fingerprint density at radius 3 is 1.02 bits per heavy atom. The van der Waals surface area contributed by atoms with Crippen LogP contribution in [0.25, 0.3) is 77.9 Å². The van der Waals surface area contributed by atoms with Gasteiger partial charge in [0.1, 0.15) is 0 Å². The summed E-state index contributed by atoms with van der Waals surface area (Å²) in [5.74, 6) is 0.336. The fourth-order valence-electron chi connectivity index (χ4n) is 8.19. The topological polar surface area (TPSA) is 0 Å². The van der Waals surface area contributed by atoms with Crippen LogP contribution in [0.15, 0.2) is 188 Å². The van der Waals surface area contributed by atoms with Crippen LogP contribution in [0.4, 0.5) is 0 Å². The third kappa shape index (κ3) is 4.60. The number of fused-ring (bicyclic) bond motifs is 6.